The first-order valence-electron chi connectivity index (χ1n) is 5.37. The highest BCUT2D eigenvalue weighted by atomic mass is 79.9. The summed E-state index contributed by atoms with van der Waals surface area (Å²) in [4.78, 5) is 0. The molecule has 1 rings (SSSR count). The Hall–Kier alpha value is -1.04. The van der Waals surface area contributed by atoms with E-state index in [0.29, 0.717) is 0 Å². The molecule has 0 heterocycles. The number of alkyl halides is 3. The van der Waals surface area contributed by atoms with Crippen LogP contribution in [0.5, 0.6) is 0 Å². The normalized spacial score (nSPS) is 10.7. The summed E-state index contributed by atoms with van der Waals surface area (Å²) >= 11 is 2.88. The Morgan fingerprint density at radius 3 is 2.11 bits per heavy atom. The van der Waals surface area contributed by atoms with Gasteiger partial charge in [0.05, 0.1) is 5.56 Å². The van der Waals surface area contributed by atoms with Gasteiger partial charge in [-0.1, -0.05) is 13.8 Å². The summed E-state index contributed by atoms with van der Waals surface area (Å²) in [6.45, 7) is 6.74. The van der Waals surface area contributed by atoms with Crippen LogP contribution in [0.1, 0.15) is 37.5 Å². The Kier molecular flexibility index (Phi) is 5.86. The first-order valence-corrected chi connectivity index (χ1v) is 6.16. The zero-order chi connectivity index (χ0) is 14.7. The number of anilines is 1. The number of nitrogen functional groups attached to an aromatic ring is 1. The number of hydrogen-bond donors (Lipinski definition) is 2. The van der Waals surface area contributed by atoms with Crippen molar-refractivity contribution in [2.75, 3.05) is 5.73 Å². The summed E-state index contributed by atoms with van der Waals surface area (Å²) in [5, 5.41) is 7.41. The Bertz CT molecular complexity index is 454. The second kappa shape index (κ2) is 6.22. The van der Waals surface area contributed by atoms with E-state index < -0.39 is 11.7 Å². The first kappa shape index (κ1) is 17.0. The van der Waals surface area contributed by atoms with Gasteiger partial charge in [0.15, 0.2) is 0 Å². The van der Waals surface area contributed by atoms with E-state index in [4.69, 9.17) is 11.1 Å². The zero-order valence-corrected chi connectivity index (χ0v) is 12.3. The van der Waals surface area contributed by atoms with Crippen molar-refractivity contribution < 1.29 is 13.2 Å². The average molecular weight is 325 g/mol. The van der Waals surface area contributed by atoms with Crippen LogP contribution in [-0.2, 0) is 6.18 Å². The monoisotopic (exact) mass is 324 g/mol. The van der Waals surface area contributed by atoms with Crippen LogP contribution in [0, 0.1) is 12.3 Å². The van der Waals surface area contributed by atoms with Crippen LogP contribution in [-0.4, -0.2) is 5.71 Å². The van der Waals surface area contributed by atoms with Gasteiger partial charge in [0.25, 0.3) is 0 Å². The Balaban J connectivity index is 0.00000137. The molecule has 0 aliphatic rings. The number of benzene rings is 1. The number of halogens is 4. The molecule has 0 aliphatic carbocycles. The fourth-order valence-electron chi connectivity index (χ4n) is 1.53. The van der Waals surface area contributed by atoms with Gasteiger partial charge >= 0.3 is 6.18 Å². The number of hydrogen-bond acceptors (Lipinski definition) is 2. The van der Waals surface area contributed by atoms with Crippen molar-refractivity contribution in [3.05, 3.63) is 27.2 Å². The molecule has 0 aromatic heterocycles. The second-order valence-corrected chi connectivity index (χ2v) is 4.26. The van der Waals surface area contributed by atoms with Gasteiger partial charge in [-0.05, 0) is 41.4 Å². The van der Waals surface area contributed by atoms with Crippen LogP contribution in [0.4, 0.5) is 18.9 Å². The summed E-state index contributed by atoms with van der Waals surface area (Å²) in [6.07, 6.45) is -4.46. The van der Waals surface area contributed by atoms with Crippen LogP contribution < -0.4 is 5.73 Å². The highest BCUT2D eigenvalue weighted by molar-refractivity contribution is 9.10. The molecule has 0 saturated heterocycles. The fourth-order valence-corrected chi connectivity index (χ4v) is 2.60. The molecule has 0 aliphatic heterocycles. The lowest BCUT2D eigenvalue weighted by Crippen LogP contribution is -2.13. The standard InChI is InChI=1S/C10H10BrF3N2.C2H6/c1-4-3-6(16)7(5(2)15)9(11)8(4)10(12,13)14;1-2/h3,15H,16H2,1-2H3;1-2H3. The predicted octanol–water partition coefficient (Wildman–Crippen LogP) is 4.77. The van der Waals surface area contributed by atoms with Crippen LogP contribution in [0.15, 0.2) is 10.5 Å². The summed E-state index contributed by atoms with van der Waals surface area (Å²) in [5.41, 5.74) is 5.13. The van der Waals surface area contributed by atoms with Crippen molar-refractivity contribution in [3.63, 3.8) is 0 Å². The summed E-state index contributed by atoms with van der Waals surface area (Å²) < 4.78 is 38.1. The third kappa shape index (κ3) is 3.48. The molecular formula is C12H16BrF3N2. The lowest BCUT2D eigenvalue weighted by atomic mass is 10.00. The van der Waals surface area contributed by atoms with Crippen molar-refractivity contribution in [1.82, 2.24) is 0 Å². The van der Waals surface area contributed by atoms with E-state index in [1.165, 1.54) is 19.9 Å². The van der Waals surface area contributed by atoms with E-state index in [1.54, 1.807) is 0 Å². The molecule has 0 saturated carbocycles. The lowest BCUT2D eigenvalue weighted by Gasteiger charge is -2.17. The maximum Gasteiger partial charge on any atom is 0.417 e. The first-order chi connectivity index (χ1) is 8.16. The van der Waals surface area contributed by atoms with E-state index in [1.807, 2.05) is 13.8 Å². The zero-order valence-electron chi connectivity index (χ0n) is 10.7. The number of nitrogens with two attached hydrogens (primary N) is 1. The Morgan fingerprint density at radius 1 is 1.33 bits per heavy atom. The molecule has 18 heavy (non-hydrogen) atoms. The SMILES string of the molecule is CC.CC(=N)c1c(N)cc(C)c(C(F)(F)F)c1Br. The van der Waals surface area contributed by atoms with Crippen LogP contribution >= 0.6 is 15.9 Å². The molecule has 6 heteroatoms. The molecule has 2 nitrogen and oxygen atoms in total. The molecule has 1 aromatic rings. The maximum atomic E-state index is 12.7. The van der Waals surface area contributed by atoms with Crippen molar-refractivity contribution in [1.29, 1.82) is 5.41 Å². The molecular weight excluding hydrogens is 309 g/mol. The van der Waals surface area contributed by atoms with Gasteiger partial charge in [0.1, 0.15) is 0 Å². The van der Waals surface area contributed by atoms with Gasteiger partial charge < -0.3 is 11.1 Å². The highest BCUT2D eigenvalue weighted by Crippen LogP contribution is 2.40. The molecule has 0 atom stereocenters. The number of rotatable bonds is 1. The smallest absolute Gasteiger partial charge is 0.398 e. The van der Waals surface area contributed by atoms with Crippen LogP contribution in [0.3, 0.4) is 0 Å². The van der Waals surface area contributed by atoms with Gasteiger partial charge in [-0.3, -0.25) is 0 Å². The van der Waals surface area contributed by atoms with Crippen LogP contribution in [0.25, 0.3) is 0 Å². The molecule has 102 valence electrons. The highest BCUT2D eigenvalue weighted by Gasteiger charge is 2.36. The summed E-state index contributed by atoms with van der Waals surface area (Å²) in [7, 11) is 0. The Labute approximate surface area is 113 Å². The third-order valence-corrected chi connectivity index (χ3v) is 2.95. The van der Waals surface area contributed by atoms with E-state index in [2.05, 4.69) is 15.9 Å². The summed E-state index contributed by atoms with van der Waals surface area (Å²) in [5.74, 6) is 0. The molecule has 0 unspecified atom stereocenters. The maximum absolute atomic E-state index is 12.7. The molecule has 0 fully saturated rings. The average Bonchev–Trinajstić information content (AvgIpc) is 2.16. The summed E-state index contributed by atoms with van der Waals surface area (Å²) in [6, 6.07) is 1.24. The van der Waals surface area contributed by atoms with Crippen molar-refractivity contribution in [3.8, 4) is 0 Å². The molecule has 0 radical (unpaired) electrons. The van der Waals surface area contributed by atoms with Crippen molar-refractivity contribution in [2.24, 2.45) is 0 Å². The predicted molar refractivity (Wildman–Crippen MR) is 72.1 cm³/mol. The Morgan fingerprint density at radius 2 is 1.78 bits per heavy atom. The molecule has 0 bridgehead atoms. The van der Waals surface area contributed by atoms with Crippen molar-refractivity contribution in [2.45, 2.75) is 33.9 Å². The minimum absolute atomic E-state index is 0.00475. The largest absolute Gasteiger partial charge is 0.417 e. The molecule has 3 N–H and O–H groups in total. The minimum Gasteiger partial charge on any atom is -0.398 e. The van der Waals surface area contributed by atoms with E-state index in [0.717, 1.165) is 0 Å². The third-order valence-electron chi connectivity index (χ3n) is 2.15. The van der Waals surface area contributed by atoms with Gasteiger partial charge in [-0.25, -0.2) is 0 Å². The van der Waals surface area contributed by atoms with Crippen molar-refractivity contribution >= 4 is 27.3 Å². The van der Waals surface area contributed by atoms with Crippen LogP contribution in [0.2, 0.25) is 0 Å². The molecule has 1 aromatic carbocycles. The fraction of sp³-hybridized carbons (Fsp3) is 0.417. The number of nitrogens with one attached hydrogen (secondary N) is 1. The van der Waals surface area contributed by atoms with E-state index in [-0.39, 0.29) is 27.0 Å². The second-order valence-electron chi connectivity index (χ2n) is 3.47. The van der Waals surface area contributed by atoms with Gasteiger partial charge in [0.2, 0.25) is 0 Å². The molecule has 0 amide bonds. The van der Waals surface area contributed by atoms with E-state index >= 15 is 0 Å². The van der Waals surface area contributed by atoms with Gasteiger partial charge in [0, 0.05) is 21.4 Å². The topological polar surface area (TPSA) is 49.9 Å². The minimum atomic E-state index is -4.46. The van der Waals surface area contributed by atoms with E-state index in [9.17, 15) is 13.2 Å². The van der Waals surface area contributed by atoms with Gasteiger partial charge in [-0.2, -0.15) is 13.2 Å². The lowest BCUT2D eigenvalue weighted by molar-refractivity contribution is -0.138. The quantitative estimate of drug-likeness (QED) is 0.567. The van der Waals surface area contributed by atoms with Gasteiger partial charge in [-0.15, -0.1) is 0 Å². The molecule has 0 spiro atoms. The number of aryl methyl sites for hydroxylation is 1.